The SMILES string of the molecule is COCC(=O)NC1CCOc2ccc(C(C)O)cc21. The van der Waals surface area contributed by atoms with E-state index in [4.69, 9.17) is 9.47 Å². The lowest BCUT2D eigenvalue weighted by Crippen LogP contribution is -2.34. The van der Waals surface area contributed by atoms with Gasteiger partial charge < -0.3 is 19.9 Å². The maximum Gasteiger partial charge on any atom is 0.246 e. The van der Waals surface area contributed by atoms with Gasteiger partial charge in [0.2, 0.25) is 5.91 Å². The number of aliphatic hydroxyl groups excluding tert-OH is 1. The smallest absolute Gasteiger partial charge is 0.246 e. The van der Waals surface area contributed by atoms with Crippen molar-refractivity contribution in [3.63, 3.8) is 0 Å². The van der Waals surface area contributed by atoms with Crippen LogP contribution in [0.25, 0.3) is 0 Å². The predicted molar refractivity (Wildman–Crippen MR) is 69.9 cm³/mol. The van der Waals surface area contributed by atoms with E-state index >= 15 is 0 Å². The van der Waals surface area contributed by atoms with Gasteiger partial charge in [0.15, 0.2) is 0 Å². The molecule has 2 rings (SSSR count). The second-order valence-corrected chi connectivity index (χ2v) is 4.66. The fourth-order valence-electron chi connectivity index (χ4n) is 2.19. The van der Waals surface area contributed by atoms with Crippen molar-refractivity contribution in [2.24, 2.45) is 0 Å². The molecule has 0 aromatic heterocycles. The molecule has 5 nitrogen and oxygen atoms in total. The maximum absolute atomic E-state index is 11.6. The Kier molecular flexibility index (Phi) is 4.39. The number of nitrogens with one attached hydrogen (secondary N) is 1. The van der Waals surface area contributed by atoms with E-state index in [1.807, 2.05) is 18.2 Å². The normalized spacial score (nSPS) is 19.2. The summed E-state index contributed by atoms with van der Waals surface area (Å²) in [5.41, 5.74) is 1.73. The highest BCUT2D eigenvalue weighted by Gasteiger charge is 2.23. The van der Waals surface area contributed by atoms with Gasteiger partial charge in [0.1, 0.15) is 12.4 Å². The van der Waals surface area contributed by atoms with Crippen LogP contribution >= 0.6 is 0 Å². The lowest BCUT2D eigenvalue weighted by molar-refractivity contribution is -0.125. The molecule has 2 atom stereocenters. The second-order valence-electron chi connectivity index (χ2n) is 4.66. The number of rotatable bonds is 4. The number of hydrogen-bond donors (Lipinski definition) is 2. The van der Waals surface area contributed by atoms with Crippen molar-refractivity contribution >= 4 is 5.91 Å². The number of carbonyl (C=O) groups is 1. The van der Waals surface area contributed by atoms with Crippen molar-refractivity contribution in [1.29, 1.82) is 0 Å². The molecule has 0 saturated heterocycles. The molecule has 0 fully saturated rings. The topological polar surface area (TPSA) is 67.8 Å². The van der Waals surface area contributed by atoms with E-state index in [1.54, 1.807) is 6.92 Å². The van der Waals surface area contributed by atoms with Gasteiger partial charge in [-0.15, -0.1) is 0 Å². The number of fused-ring (bicyclic) bond motifs is 1. The summed E-state index contributed by atoms with van der Waals surface area (Å²) in [5, 5.41) is 12.5. The van der Waals surface area contributed by atoms with E-state index in [0.717, 1.165) is 16.9 Å². The van der Waals surface area contributed by atoms with E-state index < -0.39 is 6.10 Å². The molecule has 0 spiro atoms. The number of methoxy groups -OCH3 is 1. The van der Waals surface area contributed by atoms with Gasteiger partial charge in [-0.05, 0) is 24.6 Å². The van der Waals surface area contributed by atoms with E-state index in [1.165, 1.54) is 7.11 Å². The summed E-state index contributed by atoms with van der Waals surface area (Å²) in [5.74, 6) is 0.612. The molecule has 0 bridgehead atoms. The number of hydrogen-bond acceptors (Lipinski definition) is 4. The summed E-state index contributed by atoms with van der Waals surface area (Å²) < 4.78 is 10.4. The zero-order valence-electron chi connectivity index (χ0n) is 11.2. The molecule has 1 aromatic rings. The number of aliphatic hydroxyl groups is 1. The lowest BCUT2D eigenvalue weighted by Gasteiger charge is -2.27. The van der Waals surface area contributed by atoms with Crippen LogP contribution in [0.15, 0.2) is 18.2 Å². The van der Waals surface area contributed by atoms with Crippen molar-refractivity contribution < 1.29 is 19.4 Å². The summed E-state index contributed by atoms with van der Waals surface area (Å²) >= 11 is 0. The highest BCUT2D eigenvalue weighted by atomic mass is 16.5. The van der Waals surface area contributed by atoms with Crippen molar-refractivity contribution in [2.45, 2.75) is 25.5 Å². The molecule has 5 heteroatoms. The molecule has 2 N–H and O–H groups in total. The third-order valence-electron chi connectivity index (χ3n) is 3.17. The minimum atomic E-state index is -0.539. The highest BCUT2D eigenvalue weighted by molar-refractivity contribution is 5.77. The van der Waals surface area contributed by atoms with Crippen LogP contribution in [0.3, 0.4) is 0 Å². The summed E-state index contributed by atoms with van der Waals surface area (Å²) in [7, 11) is 1.49. The maximum atomic E-state index is 11.6. The molecule has 0 aliphatic carbocycles. The Morgan fingerprint density at radius 1 is 1.63 bits per heavy atom. The fraction of sp³-hybridized carbons (Fsp3) is 0.500. The van der Waals surface area contributed by atoms with E-state index in [0.29, 0.717) is 13.0 Å². The zero-order valence-corrected chi connectivity index (χ0v) is 11.2. The van der Waals surface area contributed by atoms with Gasteiger partial charge >= 0.3 is 0 Å². The van der Waals surface area contributed by atoms with E-state index in [2.05, 4.69) is 5.32 Å². The molecule has 1 aliphatic heterocycles. The number of benzene rings is 1. The van der Waals surface area contributed by atoms with Gasteiger partial charge in [0.05, 0.1) is 18.8 Å². The number of carbonyl (C=O) groups excluding carboxylic acids is 1. The third-order valence-corrected chi connectivity index (χ3v) is 3.17. The Hall–Kier alpha value is -1.59. The standard InChI is InChI=1S/C14H19NO4/c1-9(16)10-3-4-13-11(7-10)12(5-6-19-13)15-14(17)8-18-2/h3-4,7,9,12,16H,5-6,8H2,1-2H3,(H,15,17). The van der Waals surface area contributed by atoms with Gasteiger partial charge in [0.25, 0.3) is 0 Å². The first-order chi connectivity index (χ1) is 9.11. The Morgan fingerprint density at radius 3 is 3.11 bits per heavy atom. The molecular weight excluding hydrogens is 246 g/mol. The van der Waals surface area contributed by atoms with Crippen LogP contribution in [-0.4, -0.2) is 31.3 Å². The van der Waals surface area contributed by atoms with Crippen molar-refractivity contribution in [2.75, 3.05) is 20.3 Å². The molecular formula is C14H19NO4. The van der Waals surface area contributed by atoms with Crippen LogP contribution in [-0.2, 0) is 9.53 Å². The monoisotopic (exact) mass is 265 g/mol. The highest BCUT2D eigenvalue weighted by Crippen LogP contribution is 2.33. The Labute approximate surface area is 112 Å². The van der Waals surface area contributed by atoms with E-state index in [9.17, 15) is 9.90 Å². The van der Waals surface area contributed by atoms with Gasteiger partial charge in [-0.3, -0.25) is 4.79 Å². The first-order valence-electron chi connectivity index (χ1n) is 6.35. The largest absolute Gasteiger partial charge is 0.493 e. The van der Waals surface area contributed by atoms with Crippen LogP contribution in [0.1, 0.15) is 36.6 Å². The third kappa shape index (κ3) is 3.24. The molecule has 1 aliphatic rings. The molecule has 2 unspecified atom stereocenters. The fourth-order valence-corrected chi connectivity index (χ4v) is 2.19. The van der Waals surface area contributed by atoms with Gasteiger partial charge in [-0.25, -0.2) is 0 Å². The summed E-state index contributed by atoms with van der Waals surface area (Å²) in [6, 6.07) is 5.47. The molecule has 0 saturated carbocycles. The van der Waals surface area contributed by atoms with Gasteiger partial charge in [-0.2, -0.15) is 0 Å². The molecule has 1 aromatic carbocycles. The van der Waals surface area contributed by atoms with Crippen molar-refractivity contribution in [3.8, 4) is 5.75 Å². The quantitative estimate of drug-likeness (QED) is 0.861. The van der Waals surface area contributed by atoms with Crippen molar-refractivity contribution in [3.05, 3.63) is 29.3 Å². The predicted octanol–water partition coefficient (Wildman–Crippen LogP) is 1.33. The molecule has 19 heavy (non-hydrogen) atoms. The molecule has 1 amide bonds. The zero-order chi connectivity index (χ0) is 13.8. The van der Waals surface area contributed by atoms with Crippen molar-refractivity contribution in [1.82, 2.24) is 5.32 Å². The summed E-state index contributed by atoms with van der Waals surface area (Å²) in [4.78, 5) is 11.6. The minimum absolute atomic E-state index is 0.0444. The van der Waals surface area contributed by atoms with Crippen LogP contribution in [0.5, 0.6) is 5.75 Å². The molecule has 104 valence electrons. The average Bonchev–Trinajstić information content (AvgIpc) is 2.38. The van der Waals surface area contributed by atoms with Crippen LogP contribution in [0.2, 0.25) is 0 Å². The van der Waals surface area contributed by atoms with Gasteiger partial charge in [-0.1, -0.05) is 6.07 Å². The van der Waals surface area contributed by atoms with Crippen LogP contribution in [0, 0.1) is 0 Å². The Bertz CT molecular complexity index is 459. The number of amides is 1. The average molecular weight is 265 g/mol. The van der Waals surface area contributed by atoms with Gasteiger partial charge in [0, 0.05) is 19.1 Å². The first kappa shape index (κ1) is 13.8. The lowest BCUT2D eigenvalue weighted by atomic mass is 9.96. The molecule has 0 radical (unpaired) electrons. The minimum Gasteiger partial charge on any atom is -0.493 e. The summed E-state index contributed by atoms with van der Waals surface area (Å²) in [6.07, 6.45) is 0.175. The second kappa shape index (κ2) is 6.04. The van der Waals surface area contributed by atoms with Crippen LogP contribution < -0.4 is 10.1 Å². The van der Waals surface area contributed by atoms with Crippen LogP contribution in [0.4, 0.5) is 0 Å². The summed E-state index contributed by atoms with van der Waals surface area (Å²) in [6.45, 7) is 2.33. The number of ether oxygens (including phenoxy) is 2. The Morgan fingerprint density at radius 2 is 2.42 bits per heavy atom. The molecule has 1 heterocycles. The first-order valence-corrected chi connectivity index (χ1v) is 6.35. The van der Waals surface area contributed by atoms with E-state index in [-0.39, 0.29) is 18.6 Å². The Balaban J connectivity index is 2.21.